The summed E-state index contributed by atoms with van der Waals surface area (Å²) in [4.78, 5) is 7.10. The van der Waals surface area contributed by atoms with Crippen LogP contribution in [0.25, 0.3) is 0 Å². The Labute approximate surface area is 155 Å². The van der Waals surface area contributed by atoms with Gasteiger partial charge in [-0.15, -0.1) is 0 Å². The molecule has 1 heterocycles. The number of hydrogen-bond donors (Lipinski definition) is 2. The van der Waals surface area contributed by atoms with E-state index >= 15 is 0 Å². The third-order valence-corrected chi connectivity index (χ3v) is 4.99. The normalized spacial score (nSPS) is 17.1. The van der Waals surface area contributed by atoms with Crippen LogP contribution in [0.3, 0.4) is 0 Å². The quantitative estimate of drug-likeness (QED) is 0.596. The van der Waals surface area contributed by atoms with Crippen molar-refractivity contribution in [2.75, 3.05) is 26.2 Å². The molecular formula is C19H30ClFN4. The lowest BCUT2D eigenvalue weighted by Crippen LogP contribution is -2.49. The summed E-state index contributed by atoms with van der Waals surface area (Å²) in [7, 11) is 0. The maximum atomic E-state index is 13.8. The molecule has 1 aromatic rings. The van der Waals surface area contributed by atoms with Crippen molar-refractivity contribution in [1.82, 2.24) is 15.5 Å². The van der Waals surface area contributed by atoms with Crippen LogP contribution in [-0.4, -0.2) is 49.1 Å². The second-order valence-electron chi connectivity index (χ2n) is 6.76. The van der Waals surface area contributed by atoms with Crippen molar-refractivity contribution in [3.63, 3.8) is 0 Å². The Hall–Kier alpha value is -1.33. The van der Waals surface area contributed by atoms with E-state index in [-0.39, 0.29) is 5.82 Å². The molecule has 0 bridgehead atoms. The number of hydrogen-bond acceptors (Lipinski definition) is 2. The Kier molecular flexibility index (Phi) is 7.97. The topological polar surface area (TPSA) is 39.7 Å². The predicted octanol–water partition coefficient (Wildman–Crippen LogP) is 3.45. The molecule has 140 valence electrons. The number of benzene rings is 1. The zero-order chi connectivity index (χ0) is 18.2. The molecule has 0 radical (unpaired) electrons. The fourth-order valence-electron chi connectivity index (χ4n) is 3.12. The van der Waals surface area contributed by atoms with Crippen LogP contribution in [0.1, 0.15) is 39.2 Å². The molecule has 25 heavy (non-hydrogen) atoms. The van der Waals surface area contributed by atoms with E-state index in [9.17, 15) is 4.39 Å². The van der Waals surface area contributed by atoms with Crippen molar-refractivity contribution >= 4 is 17.6 Å². The number of halogens is 2. The number of aliphatic imine (C=N–C) groups is 1. The monoisotopic (exact) mass is 368 g/mol. The molecule has 1 aliphatic heterocycles. The third kappa shape index (κ3) is 6.15. The highest BCUT2D eigenvalue weighted by Gasteiger charge is 2.21. The van der Waals surface area contributed by atoms with E-state index in [2.05, 4.69) is 34.4 Å². The first kappa shape index (κ1) is 20.0. The summed E-state index contributed by atoms with van der Waals surface area (Å²) in [6.07, 6.45) is 2.72. The smallest absolute Gasteiger partial charge is 0.191 e. The summed E-state index contributed by atoms with van der Waals surface area (Å²) in [5.74, 6) is 0.541. The molecule has 0 saturated carbocycles. The van der Waals surface area contributed by atoms with Gasteiger partial charge in [0.05, 0.1) is 0 Å². The van der Waals surface area contributed by atoms with Crippen LogP contribution in [0.5, 0.6) is 0 Å². The summed E-state index contributed by atoms with van der Waals surface area (Å²) in [6, 6.07) is 5.82. The van der Waals surface area contributed by atoms with Crippen LogP contribution in [0.15, 0.2) is 23.2 Å². The zero-order valence-corrected chi connectivity index (χ0v) is 16.2. The summed E-state index contributed by atoms with van der Waals surface area (Å²) in [5.41, 5.74) is 0.536. The SMILES string of the molecule is CCNC(=NCCc1c(F)cccc1Cl)NC1CCN(C(C)C)CC1. The van der Waals surface area contributed by atoms with Gasteiger partial charge >= 0.3 is 0 Å². The van der Waals surface area contributed by atoms with Crippen molar-refractivity contribution in [3.05, 3.63) is 34.6 Å². The third-order valence-electron chi connectivity index (χ3n) is 4.64. The summed E-state index contributed by atoms with van der Waals surface area (Å²) in [5, 5.41) is 7.26. The average molecular weight is 369 g/mol. The van der Waals surface area contributed by atoms with Gasteiger partial charge in [0.15, 0.2) is 5.96 Å². The van der Waals surface area contributed by atoms with Crippen molar-refractivity contribution in [2.24, 2.45) is 4.99 Å². The standard InChI is InChI=1S/C19H30ClFN4/c1-4-22-19(24-15-9-12-25(13-10-15)14(2)3)23-11-8-16-17(20)6-5-7-18(16)21/h5-7,14-15H,4,8-13H2,1-3H3,(H2,22,23,24). The number of nitrogens with one attached hydrogen (secondary N) is 2. The number of piperidine rings is 1. The van der Waals surface area contributed by atoms with Gasteiger partial charge in [0, 0.05) is 48.8 Å². The summed E-state index contributed by atoms with van der Waals surface area (Å²) < 4.78 is 13.8. The Balaban J connectivity index is 1.88. The van der Waals surface area contributed by atoms with Crippen LogP contribution in [0.2, 0.25) is 5.02 Å². The van der Waals surface area contributed by atoms with Crippen LogP contribution < -0.4 is 10.6 Å². The van der Waals surface area contributed by atoms with Crippen LogP contribution in [-0.2, 0) is 6.42 Å². The van der Waals surface area contributed by atoms with Gasteiger partial charge in [-0.3, -0.25) is 4.99 Å². The lowest BCUT2D eigenvalue weighted by Gasteiger charge is -2.35. The highest BCUT2D eigenvalue weighted by Crippen LogP contribution is 2.19. The number of nitrogens with zero attached hydrogens (tertiary/aromatic N) is 2. The largest absolute Gasteiger partial charge is 0.357 e. The molecule has 0 atom stereocenters. The van der Waals surface area contributed by atoms with Crippen LogP contribution in [0, 0.1) is 5.82 Å². The predicted molar refractivity (Wildman–Crippen MR) is 104 cm³/mol. The molecule has 0 aliphatic carbocycles. The molecular weight excluding hydrogens is 339 g/mol. The number of guanidine groups is 1. The van der Waals surface area contributed by atoms with Gasteiger partial charge in [-0.05, 0) is 52.2 Å². The minimum atomic E-state index is -0.262. The molecule has 1 saturated heterocycles. The van der Waals surface area contributed by atoms with E-state index in [4.69, 9.17) is 11.6 Å². The summed E-state index contributed by atoms with van der Waals surface area (Å²) >= 11 is 6.08. The molecule has 2 rings (SSSR count). The minimum absolute atomic E-state index is 0.262. The van der Waals surface area contributed by atoms with E-state index in [0.29, 0.717) is 35.6 Å². The Morgan fingerprint density at radius 1 is 1.36 bits per heavy atom. The van der Waals surface area contributed by atoms with Gasteiger partial charge in [-0.25, -0.2) is 4.39 Å². The molecule has 0 aromatic heterocycles. The van der Waals surface area contributed by atoms with Crippen molar-refractivity contribution in [1.29, 1.82) is 0 Å². The zero-order valence-electron chi connectivity index (χ0n) is 15.5. The Morgan fingerprint density at radius 3 is 2.68 bits per heavy atom. The van der Waals surface area contributed by atoms with Crippen molar-refractivity contribution < 1.29 is 4.39 Å². The van der Waals surface area contributed by atoms with E-state index in [1.165, 1.54) is 6.07 Å². The van der Waals surface area contributed by atoms with Gasteiger partial charge < -0.3 is 15.5 Å². The van der Waals surface area contributed by atoms with Gasteiger partial charge in [0.1, 0.15) is 5.82 Å². The maximum Gasteiger partial charge on any atom is 0.191 e. The second-order valence-corrected chi connectivity index (χ2v) is 7.17. The lowest BCUT2D eigenvalue weighted by atomic mass is 10.0. The van der Waals surface area contributed by atoms with E-state index < -0.39 is 0 Å². The first-order chi connectivity index (χ1) is 12.0. The molecule has 2 N–H and O–H groups in total. The van der Waals surface area contributed by atoms with Crippen molar-refractivity contribution in [3.8, 4) is 0 Å². The molecule has 1 aromatic carbocycles. The molecule has 1 fully saturated rings. The fourth-order valence-corrected chi connectivity index (χ4v) is 3.38. The molecule has 0 amide bonds. The maximum absolute atomic E-state index is 13.8. The first-order valence-corrected chi connectivity index (χ1v) is 9.60. The second kappa shape index (κ2) is 9.97. The van der Waals surface area contributed by atoms with Crippen LogP contribution >= 0.6 is 11.6 Å². The summed E-state index contributed by atoms with van der Waals surface area (Å²) in [6.45, 7) is 10.1. The Bertz CT molecular complexity index is 548. The van der Waals surface area contributed by atoms with Crippen LogP contribution in [0.4, 0.5) is 4.39 Å². The number of rotatable bonds is 6. The van der Waals surface area contributed by atoms with Gasteiger partial charge in [-0.2, -0.15) is 0 Å². The first-order valence-electron chi connectivity index (χ1n) is 9.23. The fraction of sp³-hybridized carbons (Fsp3) is 0.632. The van der Waals surface area contributed by atoms with E-state index in [1.54, 1.807) is 12.1 Å². The molecule has 0 spiro atoms. The van der Waals surface area contributed by atoms with E-state index in [1.807, 2.05) is 6.92 Å². The molecule has 4 nitrogen and oxygen atoms in total. The molecule has 6 heteroatoms. The van der Waals surface area contributed by atoms with Gasteiger partial charge in [-0.1, -0.05) is 17.7 Å². The van der Waals surface area contributed by atoms with Gasteiger partial charge in [0.25, 0.3) is 0 Å². The highest BCUT2D eigenvalue weighted by molar-refractivity contribution is 6.31. The average Bonchev–Trinajstić information content (AvgIpc) is 2.58. The van der Waals surface area contributed by atoms with E-state index in [0.717, 1.165) is 38.4 Å². The minimum Gasteiger partial charge on any atom is -0.357 e. The Morgan fingerprint density at radius 2 is 2.08 bits per heavy atom. The van der Waals surface area contributed by atoms with Crippen molar-refractivity contribution in [2.45, 2.75) is 52.1 Å². The molecule has 0 unspecified atom stereocenters. The molecule has 1 aliphatic rings. The number of likely N-dealkylation sites (tertiary alicyclic amines) is 1. The lowest BCUT2D eigenvalue weighted by molar-refractivity contribution is 0.167. The highest BCUT2D eigenvalue weighted by atomic mass is 35.5. The van der Waals surface area contributed by atoms with Gasteiger partial charge in [0.2, 0.25) is 0 Å².